The Balaban J connectivity index is 3.60. The second kappa shape index (κ2) is 33.8. The average molecular weight is 596 g/mol. The molecule has 0 amide bonds. The molecule has 0 aromatic carbocycles. The summed E-state index contributed by atoms with van der Waals surface area (Å²) in [6.07, 6.45) is 44.3. The normalized spacial score (nSPS) is 12.1. The minimum absolute atomic E-state index is 0.380. The first-order valence-electron chi connectivity index (χ1n) is 19.8. The molecule has 0 spiro atoms. The van der Waals surface area contributed by atoms with Gasteiger partial charge in [-0.05, 0) is 12.8 Å². The van der Waals surface area contributed by atoms with Crippen LogP contribution in [-0.2, 0) is 0 Å². The fraction of sp³-hybridized carbons (Fsp3) is 1.00. The highest BCUT2D eigenvalue weighted by Gasteiger charge is 2.28. The van der Waals surface area contributed by atoms with Gasteiger partial charge < -0.3 is 10.2 Å². The van der Waals surface area contributed by atoms with Crippen LogP contribution in [0.25, 0.3) is 0 Å². The topological polar surface area (TPSA) is 43.7 Å². The van der Waals surface area contributed by atoms with E-state index < -0.39 is 5.91 Å². The monoisotopic (exact) mass is 596 g/mol. The highest BCUT2D eigenvalue weighted by Crippen LogP contribution is 2.19. The lowest BCUT2D eigenvalue weighted by Gasteiger charge is -2.34. The Labute approximate surface area is 266 Å². The van der Waals surface area contributed by atoms with E-state index in [9.17, 15) is 10.2 Å². The Morgan fingerprint density at radius 1 is 0.310 bits per heavy atom. The van der Waals surface area contributed by atoms with E-state index in [4.69, 9.17) is 0 Å². The molecule has 0 radical (unpaired) electrons. The summed E-state index contributed by atoms with van der Waals surface area (Å²) in [4.78, 5) is 1.95. The standard InChI is InChI=1S/C39H81NO2/c1-4-7-9-11-13-15-17-19-21-23-25-27-29-31-33-35-37-40(39(41,42)6-3)38-36-34-32-30-28-26-24-22-20-18-16-14-12-10-8-5-2/h41-42H,4-38H2,1-3H3. The van der Waals surface area contributed by atoms with Gasteiger partial charge in [0.15, 0.2) is 0 Å². The zero-order chi connectivity index (χ0) is 30.8. The molecule has 0 aliphatic heterocycles. The summed E-state index contributed by atoms with van der Waals surface area (Å²) < 4.78 is 0. The molecule has 3 nitrogen and oxygen atoms in total. The lowest BCUT2D eigenvalue weighted by atomic mass is 10.0. The van der Waals surface area contributed by atoms with Crippen LogP contribution >= 0.6 is 0 Å². The number of rotatable bonds is 36. The summed E-state index contributed by atoms with van der Waals surface area (Å²) in [7, 11) is 0. The predicted octanol–water partition coefficient (Wildman–Crippen LogP) is 12.9. The van der Waals surface area contributed by atoms with Crippen LogP contribution in [0.2, 0.25) is 0 Å². The number of hydrogen-bond donors (Lipinski definition) is 2. The molecule has 3 heteroatoms. The second-order valence-electron chi connectivity index (χ2n) is 13.7. The zero-order valence-electron chi connectivity index (χ0n) is 29.6. The molecule has 0 atom stereocenters. The third-order valence-electron chi connectivity index (χ3n) is 9.54. The van der Waals surface area contributed by atoms with E-state index in [0.717, 1.165) is 25.9 Å². The minimum Gasteiger partial charge on any atom is -0.353 e. The van der Waals surface area contributed by atoms with Gasteiger partial charge in [0.05, 0.1) is 0 Å². The van der Waals surface area contributed by atoms with Crippen molar-refractivity contribution in [2.24, 2.45) is 0 Å². The van der Waals surface area contributed by atoms with Crippen molar-refractivity contribution in [3.63, 3.8) is 0 Å². The quantitative estimate of drug-likeness (QED) is 0.0559. The van der Waals surface area contributed by atoms with E-state index in [2.05, 4.69) is 13.8 Å². The smallest absolute Gasteiger partial charge is 0.224 e. The van der Waals surface area contributed by atoms with Gasteiger partial charge >= 0.3 is 0 Å². The van der Waals surface area contributed by atoms with Crippen LogP contribution in [0.3, 0.4) is 0 Å². The summed E-state index contributed by atoms with van der Waals surface area (Å²) >= 11 is 0. The zero-order valence-corrected chi connectivity index (χ0v) is 29.6. The maximum Gasteiger partial charge on any atom is 0.224 e. The second-order valence-corrected chi connectivity index (χ2v) is 13.7. The van der Waals surface area contributed by atoms with Crippen molar-refractivity contribution >= 4 is 0 Å². The Bertz CT molecular complexity index is 459. The van der Waals surface area contributed by atoms with Gasteiger partial charge in [-0.15, -0.1) is 0 Å². The first-order chi connectivity index (χ1) is 20.6. The molecule has 0 unspecified atom stereocenters. The van der Waals surface area contributed by atoms with E-state index in [1.165, 1.54) is 193 Å². The highest BCUT2D eigenvalue weighted by molar-refractivity contribution is 4.68. The number of aliphatic hydroxyl groups is 2. The average Bonchev–Trinajstić information content (AvgIpc) is 2.99. The molecule has 0 saturated heterocycles. The lowest BCUT2D eigenvalue weighted by molar-refractivity contribution is -0.265. The van der Waals surface area contributed by atoms with Gasteiger partial charge in [-0.2, -0.15) is 0 Å². The molecule has 0 aliphatic carbocycles. The first-order valence-corrected chi connectivity index (χ1v) is 19.8. The van der Waals surface area contributed by atoms with E-state index in [-0.39, 0.29) is 0 Å². The van der Waals surface area contributed by atoms with Crippen molar-refractivity contribution in [3.8, 4) is 0 Å². The van der Waals surface area contributed by atoms with Gasteiger partial charge in [-0.1, -0.05) is 213 Å². The molecule has 0 rings (SSSR count). The van der Waals surface area contributed by atoms with Crippen LogP contribution in [0.15, 0.2) is 0 Å². The van der Waals surface area contributed by atoms with Gasteiger partial charge in [-0.3, -0.25) is 4.90 Å². The summed E-state index contributed by atoms with van der Waals surface area (Å²) in [6, 6.07) is 0. The largest absolute Gasteiger partial charge is 0.353 e. The third kappa shape index (κ3) is 29.9. The van der Waals surface area contributed by atoms with Gasteiger partial charge in [0.25, 0.3) is 0 Å². The van der Waals surface area contributed by atoms with Crippen molar-refractivity contribution in [2.45, 2.75) is 239 Å². The van der Waals surface area contributed by atoms with Crippen molar-refractivity contribution in [3.05, 3.63) is 0 Å². The van der Waals surface area contributed by atoms with E-state index in [0.29, 0.717) is 6.42 Å². The molecular weight excluding hydrogens is 514 g/mol. The van der Waals surface area contributed by atoms with Crippen LogP contribution in [0.4, 0.5) is 0 Å². The maximum absolute atomic E-state index is 10.5. The van der Waals surface area contributed by atoms with Crippen LogP contribution in [0.5, 0.6) is 0 Å². The lowest BCUT2D eigenvalue weighted by Crippen LogP contribution is -2.49. The number of unbranched alkanes of at least 4 members (excludes halogenated alkanes) is 30. The first kappa shape index (κ1) is 41.9. The molecule has 2 N–H and O–H groups in total. The van der Waals surface area contributed by atoms with Crippen molar-refractivity contribution < 1.29 is 10.2 Å². The number of nitrogens with zero attached hydrogens (tertiary/aromatic N) is 1. The van der Waals surface area contributed by atoms with E-state index >= 15 is 0 Å². The van der Waals surface area contributed by atoms with E-state index in [1.54, 1.807) is 0 Å². The highest BCUT2D eigenvalue weighted by atomic mass is 16.5. The molecular formula is C39H81NO2. The summed E-state index contributed by atoms with van der Waals surface area (Å²) in [5, 5.41) is 21.0. The molecule has 0 fully saturated rings. The predicted molar refractivity (Wildman–Crippen MR) is 188 cm³/mol. The van der Waals surface area contributed by atoms with Crippen molar-refractivity contribution in [2.75, 3.05) is 13.1 Å². The fourth-order valence-electron chi connectivity index (χ4n) is 6.40. The van der Waals surface area contributed by atoms with Gasteiger partial charge in [0, 0.05) is 19.5 Å². The van der Waals surface area contributed by atoms with E-state index in [1.807, 2.05) is 11.8 Å². The SMILES string of the molecule is CCCCCCCCCCCCCCCCCCN(CCCCCCCCCCCCCCCCCC)C(O)(O)CC. The Hall–Kier alpha value is -0.120. The van der Waals surface area contributed by atoms with Crippen LogP contribution in [0, 0.1) is 0 Å². The molecule has 0 aliphatic rings. The molecule has 254 valence electrons. The van der Waals surface area contributed by atoms with Crippen LogP contribution < -0.4 is 0 Å². The van der Waals surface area contributed by atoms with Crippen LogP contribution in [-0.4, -0.2) is 34.1 Å². The fourth-order valence-corrected chi connectivity index (χ4v) is 6.40. The summed E-state index contributed by atoms with van der Waals surface area (Å²) in [5.41, 5.74) is 0. The molecule has 0 aromatic rings. The van der Waals surface area contributed by atoms with Gasteiger partial charge in [0.1, 0.15) is 0 Å². The molecule has 42 heavy (non-hydrogen) atoms. The molecule has 0 aromatic heterocycles. The number of hydrogen-bond acceptors (Lipinski definition) is 3. The van der Waals surface area contributed by atoms with Gasteiger partial charge in [0.2, 0.25) is 5.91 Å². The Kier molecular flexibility index (Phi) is 33.7. The summed E-state index contributed by atoms with van der Waals surface area (Å²) in [6.45, 7) is 8.10. The molecule has 0 heterocycles. The Morgan fingerprint density at radius 2 is 0.500 bits per heavy atom. The van der Waals surface area contributed by atoms with Crippen molar-refractivity contribution in [1.29, 1.82) is 0 Å². The molecule has 0 bridgehead atoms. The summed E-state index contributed by atoms with van der Waals surface area (Å²) in [5.74, 6) is -1.63. The van der Waals surface area contributed by atoms with Crippen LogP contribution in [0.1, 0.15) is 233 Å². The third-order valence-corrected chi connectivity index (χ3v) is 9.54. The maximum atomic E-state index is 10.5. The van der Waals surface area contributed by atoms with Crippen molar-refractivity contribution in [1.82, 2.24) is 4.90 Å². The minimum atomic E-state index is -1.63. The Morgan fingerprint density at radius 3 is 0.690 bits per heavy atom. The van der Waals surface area contributed by atoms with Gasteiger partial charge in [-0.25, -0.2) is 0 Å². The molecule has 0 saturated carbocycles.